The Morgan fingerprint density at radius 1 is 1.27 bits per heavy atom. The molecule has 0 spiro atoms. The topological polar surface area (TPSA) is 70.0 Å². The zero-order valence-electron chi connectivity index (χ0n) is 15.3. The highest BCUT2D eigenvalue weighted by Crippen LogP contribution is 2.22. The Kier molecular flexibility index (Phi) is 9.19. The molecule has 26 heavy (non-hydrogen) atoms. The third-order valence-electron chi connectivity index (χ3n) is 4.62. The van der Waals surface area contributed by atoms with E-state index in [1.54, 1.807) is 0 Å². The second-order valence-corrected chi connectivity index (χ2v) is 6.62. The molecule has 2 unspecified atom stereocenters. The molecule has 2 atom stereocenters. The van der Waals surface area contributed by atoms with Crippen molar-refractivity contribution < 1.29 is 19.7 Å². The van der Waals surface area contributed by atoms with E-state index in [0.29, 0.717) is 25.8 Å². The smallest absolute Gasteiger partial charge is 0.223 e. The average Bonchev–Trinajstić information content (AvgIpc) is 2.65. The Morgan fingerprint density at radius 3 is 2.85 bits per heavy atom. The van der Waals surface area contributed by atoms with Gasteiger partial charge in [-0.25, -0.2) is 0 Å². The summed E-state index contributed by atoms with van der Waals surface area (Å²) in [6.07, 6.45) is 4.16. The highest BCUT2D eigenvalue weighted by molar-refractivity contribution is 5.77. The number of aliphatic hydroxyl groups excluding tert-OH is 2. The first-order chi connectivity index (χ1) is 12.7. The van der Waals surface area contributed by atoms with Crippen molar-refractivity contribution in [3.05, 3.63) is 35.9 Å². The Labute approximate surface area is 156 Å². The van der Waals surface area contributed by atoms with Gasteiger partial charge in [0.15, 0.2) is 0 Å². The van der Waals surface area contributed by atoms with Gasteiger partial charge in [-0.3, -0.25) is 4.79 Å². The van der Waals surface area contributed by atoms with Crippen LogP contribution in [-0.2, 0) is 16.0 Å². The molecule has 5 nitrogen and oxygen atoms in total. The predicted molar refractivity (Wildman–Crippen MR) is 100 cm³/mol. The summed E-state index contributed by atoms with van der Waals surface area (Å²) in [4.78, 5) is 14.1. The zero-order chi connectivity index (χ0) is 18.6. The quantitative estimate of drug-likeness (QED) is 0.521. The molecule has 5 heteroatoms. The number of amides is 1. The van der Waals surface area contributed by atoms with Gasteiger partial charge in [-0.1, -0.05) is 42.2 Å². The van der Waals surface area contributed by atoms with Crippen LogP contribution in [0.5, 0.6) is 0 Å². The second kappa shape index (κ2) is 11.7. The summed E-state index contributed by atoms with van der Waals surface area (Å²) in [5.74, 6) is 6.01. The summed E-state index contributed by atoms with van der Waals surface area (Å²) >= 11 is 0. The molecule has 2 rings (SSSR count). The van der Waals surface area contributed by atoms with Crippen molar-refractivity contribution >= 4 is 5.91 Å². The molecule has 0 aromatic heterocycles. The maximum atomic E-state index is 12.2. The van der Waals surface area contributed by atoms with Crippen LogP contribution in [0, 0.1) is 11.8 Å². The number of carbonyl (C=O) groups excluding carboxylic acids is 1. The van der Waals surface area contributed by atoms with Gasteiger partial charge < -0.3 is 19.8 Å². The molecule has 0 saturated carbocycles. The van der Waals surface area contributed by atoms with Crippen LogP contribution >= 0.6 is 0 Å². The molecule has 142 valence electrons. The maximum Gasteiger partial charge on any atom is 0.223 e. The average molecular weight is 359 g/mol. The molecule has 2 N–H and O–H groups in total. The van der Waals surface area contributed by atoms with Crippen LogP contribution in [-0.4, -0.2) is 59.5 Å². The van der Waals surface area contributed by atoms with Crippen LogP contribution in [0.1, 0.15) is 37.7 Å². The van der Waals surface area contributed by atoms with Gasteiger partial charge in [-0.2, -0.15) is 0 Å². The molecule has 1 aromatic rings. The van der Waals surface area contributed by atoms with E-state index in [1.165, 1.54) is 0 Å². The minimum atomic E-state index is -0.394. The fourth-order valence-corrected chi connectivity index (χ4v) is 3.26. The second-order valence-electron chi connectivity index (χ2n) is 6.62. The highest BCUT2D eigenvalue weighted by atomic mass is 16.5. The third kappa shape index (κ3) is 7.17. The largest absolute Gasteiger partial charge is 0.394 e. The van der Waals surface area contributed by atoms with Gasteiger partial charge in [-0.15, -0.1) is 0 Å². The van der Waals surface area contributed by atoms with Crippen molar-refractivity contribution in [3.8, 4) is 11.8 Å². The van der Waals surface area contributed by atoms with Gasteiger partial charge in [0, 0.05) is 12.5 Å². The summed E-state index contributed by atoms with van der Waals surface area (Å²) in [6.45, 7) is 0.933. The first-order valence-electron chi connectivity index (χ1n) is 9.36. The van der Waals surface area contributed by atoms with Crippen LogP contribution in [0.3, 0.4) is 0 Å². The fourth-order valence-electron chi connectivity index (χ4n) is 3.26. The maximum absolute atomic E-state index is 12.2. The fraction of sp³-hybridized carbons (Fsp3) is 0.571. The lowest BCUT2D eigenvalue weighted by Gasteiger charge is -2.35. The standard InChI is InChI=1S/C21H29NO4/c23-14-16-26-15-5-4-13-22-19(9-6-10-21(22)25)11-12-20(24)17-18-7-2-1-3-8-18/h1-3,7-8,19-20,23-24H,6,9-17H2. The van der Waals surface area contributed by atoms with E-state index >= 15 is 0 Å². The Hall–Kier alpha value is -1.87. The molecule has 1 heterocycles. The Bertz CT molecular complexity index is 593. The molecule has 0 radical (unpaired) electrons. The first-order valence-corrected chi connectivity index (χ1v) is 9.36. The van der Waals surface area contributed by atoms with E-state index in [9.17, 15) is 9.90 Å². The predicted octanol–water partition coefficient (Wildman–Crippen LogP) is 1.76. The lowest BCUT2D eigenvalue weighted by Crippen LogP contribution is -2.44. The van der Waals surface area contributed by atoms with E-state index in [4.69, 9.17) is 9.84 Å². The van der Waals surface area contributed by atoms with Crippen molar-refractivity contribution in [2.45, 2.75) is 50.7 Å². The number of piperidine rings is 1. The Morgan fingerprint density at radius 2 is 2.08 bits per heavy atom. The molecular formula is C21H29NO4. The van der Waals surface area contributed by atoms with Gasteiger partial charge in [0.2, 0.25) is 5.91 Å². The number of ether oxygens (including phenoxy) is 1. The molecule has 1 amide bonds. The summed E-state index contributed by atoms with van der Waals surface area (Å²) in [6, 6.07) is 10.1. The first kappa shape index (κ1) is 20.4. The zero-order valence-corrected chi connectivity index (χ0v) is 15.3. The van der Waals surface area contributed by atoms with Crippen LogP contribution in [0.25, 0.3) is 0 Å². The SMILES string of the molecule is O=C1CCCC(CCC(O)Cc2ccccc2)N1CC#CCOCCO. The number of aliphatic hydroxyl groups is 2. The summed E-state index contributed by atoms with van der Waals surface area (Å²) in [5.41, 5.74) is 1.13. The van der Waals surface area contributed by atoms with Gasteiger partial charge in [0.1, 0.15) is 6.61 Å². The van der Waals surface area contributed by atoms with Crippen molar-refractivity contribution in [3.63, 3.8) is 0 Å². The number of rotatable bonds is 9. The van der Waals surface area contributed by atoms with Crippen LogP contribution in [0.2, 0.25) is 0 Å². The van der Waals surface area contributed by atoms with Crippen LogP contribution in [0.15, 0.2) is 30.3 Å². The molecule has 0 bridgehead atoms. The minimum absolute atomic E-state index is 0.0142. The Balaban J connectivity index is 1.79. The number of hydrogen-bond donors (Lipinski definition) is 2. The number of benzene rings is 1. The van der Waals surface area contributed by atoms with Gasteiger partial charge >= 0.3 is 0 Å². The van der Waals surface area contributed by atoms with Crippen molar-refractivity contribution in [1.82, 2.24) is 4.90 Å². The third-order valence-corrected chi connectivity index (χ3v) is 4.62. The van der Waals surface area contributed by atoms with E-state index < -0.39 is 6.10 Å². The number of carbonyl (C=O) groups is 1. The normalized spacial score (nSPS) is 18.3. The van der Waals surface area contributed by atoms with Crippen molar-refractivity contribution in [1.29, 1.82) is 0 Å². The number of nitrogens with zero attached hydrogens (tertiary/aromatic N) is 1. The van der Waals surface area contributed by atoms with Crippen LogP contribution in [0.4, 0.5) is 0 Å². The van der Waals surface area contributed by atoms with Gasteiger partial charge in [0.05, 0.1) is 25.9 Å². The summed E-state index contributed by atoms with van der Waals surface area (Å²) < 4.78 is 5.10. The molecule has 1 aliphatic rings. The van der Waals surface area contributed by atoms with E-state index in [1.807, 2.05) is 35.2 Å². The highest BCUT2D eigenvalue weighted by Gasteiger charge is 2.27. The van der Waals surface area contributed by atoms with Crippen LogP contribution < -0.4 is 0 Å². The molecule has 1 aliphatic heterocycles. The summed E-state index contributed by atoms with van der Waals surface area (Å²) in [5, 5.41) is 19.0. The van der Waals surface area contributed by atoms with E-state index in [0.717, 1.165) is 24.8 Å². The number of likely N-dealkylation sites (tertiary alicyclic amines) is 1. The molecule has 0 aliphatic carbocycles. The lowest BCUT2D eigenvalue weighted by atomic mass is 9.94. The monoisotopic (exact) mass is 359 g/mol. The molecule has 1 saturated heterocycles. The summed E-state index contributed by atoms with van der Waals surface area (Å²) in [7, 11) is 0. The minimum Gasteiger partial charge on any atom is -0.394 e. The number of hydrogen-bond acceptors (Lipinski definition) is 4. The van der Waals surface area contributed by atoms with Gasteiger partial charge in [0.25, 0.3) is 0 Å². The molecular weight excluding hydrogens is 330 g/mol. The van der Waals surface area contributed by atoms with E-state index in [2.05, 4.69) is 11.8 Å². The lowest BCUT2D eigenvalue weighted by molar-refractivity contribution is -0.135. The van der Waals surface area contributed by atoms with Gasteiger partial charge in [-0.05, 0) is 37.7 Å². The van der Waals surface area contributed by atoms with E-state index in [-0.39, 0.29) is 31.8 Å². The molecule has 1 fully saturated rings. The van der Waals surface area contributed by atoms with Crippen molar-refractivity contribution in [2.75, 3.05) is 26.4 Å². The molecule has 1 aromatic carbocycles. The van der Waals surface area contributed by atoms with Crippen molar-refractivity contribution in [2.24, 2.45) is 0 Å².